The predicted molar refractivity (Wildman–Crippen MR) is 101 cm³/mol. The van der Waals surface area contributed by atoms with Crippen LogP contribution in [0, 0.1) is 5.92 Å². The van der Waals surface area contributed by atoms with Crippen molar-refractivity contribution >= 4 is 23.5 Å². The van der Waals surface area contributed by atoms with Gasteiger partial charge >= 0.3 is 5.97 Å². The zero-order valence-electron chi connectivity index (χ0n) is 14.9. The van der Waals surface area contributed by atoms with Crippen molar-refractivity contribution in [1.29, 1.82) is 0 Å². The van der Waals surface area contributed by atoms with Gasteiger partial charge in [-0.2, -0.15) is 0 Å². The second kappa shape index (κ2) is 8.49. The fraction of sp³-hybridized carbons (Fsp3) is 0.286. The maximum Gasteiger partial charge on any atom is 0.305 e. The summed E-state index contributed by atoms with van der Waals surface area (Å²) in [7, 11) is 0. The van der Waals surface area contributed by atoms with Crippen molar-refractivity contribution in [3.63, 3.8) is 0 Å². The molecule has 1 aliphatic rings. The van der Waals surface area contributed by atoms with Gasteiger partial charge < -0.3 is 15.7 Å². The number of carbonyl (C=O) groups is 3. The number of rotatable bonds is 7. The molecule has 1 aliphatic heterocycles. The fourth-order valence-corrected chi connectivity index (χ4v) is 3.33. The van der Waals surface area contributed by atoms with E-state index >= 15 is 0 Å². The molecule has 0 fully saturated rings. The number of para-hydroxylation sites is 1. The minimum absolute atomic E-state index is 0.0772. The molecule has 6 heteroatoms. The van der Waals surface area contributed by atoms with Crippen LogP contribution in [0.3, 0.4) is 0 Å². The molecule has 2 aromatic carbocycles. The Hall–Kier alpha value is -3.15. The molecule has 0 saturated heterocycles. The molecule has 0 spiro atoms. The normalized spacial score (nSPS) is 16.7. The number of carboxylic acids is 1. The van der Waals surface area contributed by atoms with Gasteiger partial charge in [0.2, 0.25) is 11.8 Å². The lowest BCUT2D eigenvalue weighted by atomic mass is 9.89. The highest BCUT2D eigenvalue weighted by Gasteiger charge is 2.27. The molecule has 0 aliphatic carbocycles. The second-order valence-electron chi connectivity index (χ2n) is 6.71. The van der Waals surface area contributed by atoms with Crippen LogP contribution in [0.2, 0.25) is 0 Å². The first-order valence-corrected chi connectivity index (χ1v) is 8.98. The lowest BCUT2D eigenvalue weighted by Crippen LogP contribution is -2.33. The summed E-state index contributed by atoms with van der Waals surface area (Å²) in [6.07, 6.45) is 1.00. The Morgan fingerprint density at radius 3 is 2.56 bits per heavy atom. The van der Waals surface area contributed by atoms with E-state index in [9.17, 15) is 14.4 Å². The van der Waals surface area contributed by atoms with Gasteiger partial charge in [0.1, 0.15) is 0 Å². The molecular formula is C21H22N2O4. The Labute approximate surface area is 157 Å². The van der Waals surface area contributed by atoms with Crippen LogP contribution in [0.1, 0.15) is 36.4 Å². The summed E-state index contributed by atoms with van der Waals surface area (Å²) in [6, 6.07) is 16.1. The van der Waals surface area contributed by atoms with Crippen LogP contribution >= 0.6 is 0 Å². The zero-order chi connectivity index (χ0) is 19.2. The SMILES string of the molecule is O=C(O)CC(NC(=O)CCC1Cc2ccccc2NC1=O)c1ccccc1. The second-order valence-corrected chi connectivity index (χ2v) is 6.71. The Morgan fingerprint density at radius 1 is 1.11 bits per heavy atom. The smallest absolute Gasteiger partial charge is 0.305 e. The third kappa shape index (κ3) is 4.94. The van der Waals surface area contributed by atoms with Gasteiger partial charge in [0, 0.05) is 18.0 Å². The molecule has 3 N–H and O–H groups in total. The van der Waals surface area contributed by atoms with Crippen molar-refractivity contribution in [2.75, 3.05) is 5.32 Å². The van der Waals surface area contributed by atoms with E-state index in [-0.39, 0.29) is 30.6 Å². The van der Waals surface area contributed by atoms with Gasteiger partial charge in [-0.25, -0.2) is 0 Å². The van der Waals surface area contributed by atoms with Crippen LogP contribution in [0.4, 0.5) is 5.69 Å². The monoisotopic (exact) mass is 366 g/mol. The molecule has 0 saturated carbocycles. The maximum atomic E-state index is 12.4. The molecular weight excluding hydrogens is 344 g/mol. The number of hydrogen-bond acceptors (Lipinski definition) is 3. The van der Waals surface area contributed by atoms with Crippen LogP contribution < -0.4 is 10.6 Å². The Morgan fingerprint density at radius 2 is 1.81 bits per heavy atom. The van der Waals surface area contributed by atoms with E-state index in [2.05, 4.69) is 10.6 Å². The average molecular weight is 366 g/mol. The van der Waals surface area contributed by atoms with Crippen molar-refractivity contribution in [1.82, 2.24) is 5.32 Å². The molecule has 0 aromatic heterocycles. The van der Waals surface area contributed by atoms with E-state index in [0.717, 1.165) is 16.8 Å². The standard InChI is InChI=1S/C21H22N2O4/c24-19(22-18(13-20(25)26)14-6-2-1-3-7-14)11-10-16-12-15-8-4-5-9-17(15)23-21(16)27/h1-9,16,18H,10-13H2,(H,22,24)(H,23,27)(H,25,26). The zero-order valence-corrected chi connectivity index (χ0v) is 14.9. The van der Waals surface area contributed by atoms with E-state index in [1.54, 1.807) is 24.3 Å². The largest absolute Gasteiger partial charge is 0.481 e. The summed E-state index contributed by atoms with van der Waals surface area (Å²) in [5, 5.41) is 14.8. The third-order valence-corrected chi connectivity index (χ3v) is 4.75. The number of fused-ring (bicyclic) bond motifs is 1. The van der Waals surface area contributed by atoms with Crippen molar-refractivity contribution in [2.45, 2.75) is 31.7 Å². The van der Waals surface area contributed by atoms with E-state index in [4.69, 9.17) is 5.11 Å². The van der Waals surface area contributed by atoms with Gasteiger partial charge in [0.15, 0.2) is 0 Å². The molecule has 27 heavy (non-hydrogen) atoms. The van der Waals surface area contributed by atoms with Gasteiger partial charge in [-0.3, -0.25) is 14.4 Å². The van der Waals surface area contributed by atoms with Gasteiger partial charge in [-0.05, 0) is 30.0 Å². The number of carbonyl (C=O) groups excluding carboxylic acids is 2. The number of benzene rings is 2. The number of aliphatic carboxylic acids is 1. The topological polar surface area (TPSA) is 95.5 Å². The highest BCUT2D eigenvalue weighted by atomic mass is 16.4. The summed E-state index contributed by atoms with van der Waals surface area (Å²) in [5.41, 5.74) is 2.64. The number of nitrogens with one attached hydrogen (secondary N) is 2. The first kappa shape index (κ1) is 18.6. The van der Waals surface area contributed by atoms with Gasteiger partial charge in [-0.1, -0.05) is 48.5 Å². The van der Waals surface area contributed by atoms with E-state index in [1.165, 1.54) is 0 Å². The van der Waals surface area contributed by atoms with Gasteiger partial charge in [-0.15, -0.1) is 0 Å². The Bertz CT molecular complexity index is 835. The Kier molecular flexibility index (Phi) is 5.86. The van der Waals surface area contributed by atoms with Crippen molar-refractivity contribution in [3.8, 4) is 0 Å². The quantitative estimate of drug-likeness (QED) is 0.702. The fourth-order valence-electron chi connectivity index (χ4n) is 3.33. The number of amides is 2. The van der Waals surface area contributed by atoms with Crippen molar-refractivity contribution in [3.05, 3.63) is 65.7 Å². The first-order chi connectivity index (χ1) is 13.0. The van der Waals surface area contributed by atoms with Crippen LogP contribution in [0.25, 0.3) is 0 Å². The molecule has 2 aromatic rings. The summed E-state index contributed by atoms with van der Waals surface area (Å²) in [4.78, 5) is 35.7. The summed E-state index contributed by atoms with van der Waals surface area (Å²) >= 11 is 0. The minimum Gasteiger partial charge on any atom is -0.481 e. The van der Waals surface area contributed by atoms with Crippen LogP contribution in [-0.2, 0) is 20.8 Å². The molecule has 140 valence electrons. The van der Waals surface area contributed by atoms with Crippen LogP contribution in [0.5, 0.6) is 0 Å². The summed E-state index contributed by atoms with van der Waals surface area (Å²) in [5.74, 6) is -1.57. The summed E-state index contributed by atoms with van der Waals surface area (Å²) in [6.45, 7) is 0. The molecule has 1 heterocycles. The van der Waals surface area contributed by atoms with Crippen LogP contribution in [-0.4, -0.2) is 22.9 Å². The van der Waals surface area contributed by atoms with Gasteiger partial charge in [0.25, 0.3) is 0 Å². The summed E-state index contributed by atoms with van der Waals surface area (Å²) < 4.78 is 0. The maximum absolute atomic E-state index is 12.4. The van der Waals surface area contributed by atoms with E-state index in [1.807, 2.05) is 30.3 Å². The molecule has 0 bridgehead atoms. The average Bonchev–Trinajstić information content (AvgIpc) is 2.66. The lowest BCUT2D eigenvalue weighted by molar-refractivity contribution is -0.137. The highest BCUT2D eigenvalue weighted by molar-refractivity contribution is 5.96. The van der Waals surface area contributed by atoms with E-state index < -0.39 is 12.0 Å². The van der Waals surface area contributed by atoms with Crippen molar-refractivity contribution < 1.29 is 19.5 Å². The number of anilines is 1. The van der Waals surface area contributed by atoms with E-state index in [0.29, 0.717) is 12.8 Å². The molecule has 2 amide bonds. The lowest BCUT2D eigenvalue weighted by Gasteiger charge is -2.24. The number of carboxylic acid groups (broad SMARTS) is 1. The molecule has 6 nitrogen and oxygen atoms in total. The van der Waals surface area contributed by atoms with Crippen LogP contribution in [0.15, 0.2) is 54.6 Å². The third-order valence-electron chi connectivity index (χ3n) is 4.75. The predicted octanol–water partition coefficient (Wildman–Crippen LogP) is 2.91. The Balaban J connectivity index is 1.58. The highest BCUT2D eigenvalue weighted by Crippen LogP contribution is 2.27. The number of hydrogen-bond donors (Lipinski definition) is 3. The first-order valence-electron chi connectivity index (χ1n) is 8.98. The minimum atomic E-state index is -0.979. The van der Waals surface area contributed by atoms with Crippen molar-refractivity contribution in [2.24, 2.45) is 5.92 Å². The molecule has 0 radical (unpaired) electrons. The molecule has 3 rings (SSSR count). The molecule has 2 atom stereocenters. The molecule has 2 unspecified atom stereocenters. The van der Waals surface area contributed by atoms with Gasteiger partial charge in [0.05, 0.1) is 12.5 Å².